The first-order valence-corrected chi connectivity index (χ1v) is 6.35. The van der Waals surface area contributed by atoms with E-state index in [0.717, 1.165) is 13.0 Å². The van der Waals surface area contributed by atoms with Crippen LogP contribution in [0.25, 0.3) is 0 Å². The molecule has 0 fully saturated rings. The predicted molar refractivity (Wildman–Crippen MR) is 71.2 cm³/mol. The van der Waals surface area contributed by atoms with Gasteiger partial charge in [0.1, 0.15) is 5.82 Å². The van der Waals surface area contributed by atoms with Crippen LogP contribution in [0.1, 0.15) is 36.0 Å². The van der Waals surface area contributed by atoms with Gasteiger partial charge >= 0.3 is 5.97 Å². The standard InChI is InChI=1S/C13H15ClN2O2/c14-11-8-16-12(7-10(11)13(17)18)15-6-5-9-3-1-2-4-9/h3,7-8H,1-2,4-6H2,(H,15,16)(H,17,18). The molecule has 0 radical (unpaired) electrons. The number of anilines is 1. The lowest BCUT2D eigenvalue weighted by Gasteiger charge is -2.07. The van der Waals surface area contributed by atoms with E-state index in [0.29, 0.717) is 5.82 Å². The first kappa shape index (κ1) is 12.9. The van der Waals surface area contributed by atoms with Gasteiger partial charge in [-0.25, -0.2) is 9.78 Å². The highest BCUT2D eigenvalue weighted by Gasteiger charge is 2.10. The van der Waals surface area contributed by atoms with Crippen LogP contribution in [0, 0.1) is 0 Å². The Balaban J connectivity index is 1.93. The van der Waals surface area contributed by atoms with Crippen molar-refractivity contribution >= 4 is 23.4 Å². The molecule has 96 valence electrons. The summed E-state index contributed by atoms with van der Waals surface area (Å²) in [5.41, 5.74) is 1.55. The Labute approximate surface area is 111 Å². The Morgan fingerprint density at radius 1 is 1.56 bits per heavy atom. The predicted octanol–water partition coefficient (Wildman–Crippen LogP) is 3.35. The summed E-state index contributed by atoms with van der Waals surface area (Å²) in [6.45, 7) is 0.763. The summed E-state index contributed by atoms with van der Waals surface area (Å²) < 4.78 is 0. The number of nitrogens with zero attached hydrogens (tertiary/aromatic N) is 1. The number of allylic oxidation sites excluding steroid dienone is 1. The molecule has 0 bridgehead atoms. The third kappa shape index (κ3) is 3.23. The molecule has 4 nitrogen and oxygen atoms in total. The molecular formula is C13H15ClN2O2. The summed E-state index contributed by atoms with van der Waals surface area (Å²) in [7, 11) is 0. The average Bonchev–Trinajstić information content (AvgIpc) is 2.84. The molecule has 0 atom stereocenters. The number of aromatic nitrogens is 1. The highest BCUT2D eigenvalue weighted by Crippen LogP contribution is 2.21. The zero-order valence-electron chi connectivity index (χ0n) is 9.95. The SMILES string of the molecule is O=C(O)c1cc(NCCC2=CCCC2)ncc1Cl. The molecule has 1 aliphatic carbocycles. The number of hydrogen-bond acceptors (Lipinski definition) is 3. The molecule has 0 amide bonds. The van der Waals surface area contributed by atoms with Crippen LogP contribution >= 0.6 is 11.6 Å². The molecule has 1 aromatic rings. The van der Waals surface area contributed by atoms with Gasteiger partial charge in [0.15, 0.2) is 0 Å². The average molecular weight is 267 g/mol. The van der Waals surface area contributed by atoms with E-state index in [4.69, 9.17) is 16.7 Å². The molecule has 1 aliphatic rings. The lowest BCUT2D eigenvalue weighted by Crippen LogP contribution is -2.06. The largest absolute Gasteiger partial charge is 0.478 e. The van der Waals surface area contributed by atoms with Crippen molar-refractivity contribution < 1.29 is 9.90 Å². The summed E-state index contributed by atoms with van der Waals surface area (Å²) in [6.07, 6.45) is 8.22. The van der Waals surface area contributed by atoms with Crippen LogP contribution < -0.4 is 5.32 Å². The molecule has 2 rings (SSSR count). The van der Waals surface area contributed by atoms with Crippen LogP contribution in [0.15, 0.2) is 23.9 Å². The van der Waals surface area contributed by atoms with Gasteiger partial charge in [0.2, 0.25) is 0 Å². The van der Waals surface area contributed by atoms with E-state index in [2.05, 4.69) is 16.4 Å². The number of carbonyl (C=O) groups is 1. The topological polar surface area (TPSA) is 62.2 Å². The third-order valence-corrected chi connectivity index (χ3v) is 3.27. The number of aromatic carboxylic acids is 1. The molecule has 2 N–H and O–H groups in total. The smallest absolute Gasteiger partial charge is 0.337 e. The fourth-order valence-corrected chi connectivity index (χ4v) is 2.20. The molecule has 0 aliphatic heterocycles. The van der Waals surface area contributed by atoms with E-state index in [1.165, 1.54) is 37.1 Å². The number of carboxylic acid groups (broad SMARTS) is 1. The number of carboxylic acids is 1. The fraction of sp³-hybridized carbons (Fsp3) is 0.385. The molecule has 0 aromatic carbocycles. The highest BCUT2D eigenvalue weighted by atomic mass is 35.5. The van der Waals surface area contributed by atoms with Crippen molar-refractivity contribution in [3.8, 4) is 0 Å². The van der Waals surface area contributed by atoms with Gasteiger partial charge < -0.3 is 10.4 Å². The Kier molecular flexibility index (Phi) is 4.20. The molecule has 5 heteroatoms. The van der Waals surface area contributed by atoms with Crippen LogP contribution in [0.2, 0.25) is 5.02 Å². The van der Waals surface area contributed by atoms with E-state index in [9.17, 15) is 4.79 Å². The van der Waals surface area contributed by atoms with Gasteiger partial charge in [-0.2, -0.15) is 0 Å². The zero-order valence-corrected chi connectivity index (χ0v) is 10.7. The highest BCUT2D eigenvalue weighted by molar-refractivity contribution is 6.33. The second kappa shape index (κ2) is 5.87. The third-order valence-electron chi connectivity index (χ3n) is 2.97. The van der Waals surface area contributed by atoms with Crippen LogP contribution in [-0.4, -0.2) is 22.6 Å². The molecule has 0 spiro atoms. The molecule has 1 heterocycles. The summed E-state index contributed by atoms with van der Waals surface area (Å²) in [4.78, 5) is 15.0. The van der Waals surface area contributed by atoms with E-state index >= 15 is 0 Å². The van der Waals surface area contributed by atoms with E-state index in [1.807, 2.05) is 0 Å². The summed E-state index contributed by atoms with van der Waals surface area (Å²) in [6, 6.07) is 1.47. The second-order valence-corrected chi connectivity index (χ2v) is 4.69. The number of pyridine rings is 1. The lowest BCUT2D eigenvalue weighted by molar-refractivity contribution is 0.0697. The van der Waals surface area contributed by atoms with Crippen LogP contribution in [0.4, 0.5) is 5.82 Å². The van der Waals surface area contributed by atoms with Crippen molar-refractivity contribution in [2.75, 3.05) is 11.9 Å². The second-order valence-electron chi connectivity index (χ2n) is 4.29. The minimum absolute atomic E-state index is 0.0780. The van der Waals surface area contributed by atoms with Crippen molar-refractivity contribution in [3.63, 3.8) is 0 Å². The molecule has 18 heavy (non-hydrogen) atoms. The molecule has 0 saturated carbocycles. The van der Waals surface area contributed by atoms with Gasteiger partial charge in [-0.1, -0.05) is 23.3 Å². The van der Waals surface area contributed by atoms with Crippen molar-refractivity contribution in [2.24, 2.45) is 0 Å². The maximum absolute atomic E-state index is 10.9. The first-order chi connectivity index (χ1) is 8.66. The Morgan fingerprint density at radius 3 is 3.06 bits per heavy atom. The summed E-state index contributed by atoms with van der Waals surface area (Å²) >= 11 is 5.75. The Morgan fingerprint density at radius 2 is 2.39 bits per heavy atom. The van der Waals surface area contributed by atoms with Gasteiger partial charge in [0.05, 0.1) is 10.6 Å². The maximum Gasteiger partial charge on any atom is 0.337 e. The van der Waals surface area contributed by atoms with Crippen LogP contribution in [-0.2, 0) is 0 Å². The van der Waals surface area contributed by atoms with Gasteiger partial charge in [0.25, 0.3) is 0 Å². The van der Waals surface area contributed by atoms with E-state index < -0.39 is 5.97 Å². The zero-order chi connectivity index (χ0) is 13.0. The minimum atomic E-state index is -1.04. The van der Waals surface area contributed by atoms with Gasteiger partial charge in [-0.3, -0.25) is 0 Å². The van der Waals surface area contributed by atoms with Gasteiger partial charge in [0, 0.05) is 12.7 Å². The quantitative estimate of drug-likeness (QED) is 0.803. The van der Waals surface area contributed by atoms with Gasteiger partial charge in [-0.15, -0.1) is 0 Å². The monoisotopic (exact) mass is 266 g/mol. The molecule has 0 unspecified atom stereocenters. The number of nitrogens with one attached hydrogen (secondary N) is 1. The van der Waals surface area contributed by atoms with Crippen LogP contribution in [0.3, 0.4) is 0 Å². The first-order valence-electron chi connectivity index (χ1n) is 5.97. The lowest BCUT2D eigenvalue weighted by atomic mass is 10.2. The molecule has 0 saturated heterocycles. The normalized spacial score (nSPS) is 14.4. The summed E-state index contributed by atoms with van der Waals surface area (Å²) in [5.74, 6) is -0.487. The van der Waals surface area contributed by atoms with E-state index in [-0.39, 0.29) is 10.6 Å². The van der Waals surface area contributed by atoms with Crippen molar-refractivity contribution in [3.05, 3.63) is 34.5 Å². The van der Waals surface area contributed by atoms with E-state index in [1.54, 1.807) is 0 Å². The van der Waals surface area contributed by atoms with Crippen molar-refractivity contribution in [2.45, 2.75) is 25.7 Å². The minimum Gasteiger partial charge on any atom is -0.478 e. The maximum atomic E-state index is 10.9. The number of halogens is 1. The van der Waals surface area contributed by atoms with Crippen LogP contribution in [0.5, 0.6) is 0 Å². The Hall–Kier alpha value is -1.55. The molecular weight excluding hydrogens is 252 g/mol. The molecule has 1 aromatic heterocycles. The number of rotatable bonds is 5. The summed E-state index contributed by atoms with van der Waals surface area (Å²) in [5, 5.41) is 12.2. The van der Waals surface area contributed by atoms with Gasteiger partial charge in [-0.05, 0) is 31.7 Å². The number of hydrogen-bond donors (Lipinski definition) is 2. The van der Waals surface area contributed by atoms with Crippen molar-refractivity contribution in [1.82, 2.24) is 4.98 Å². The Bertz CT molecular complexity index is 486. The van der Waals surface area contributed by atoms with Crippen molar-refractivity contribution in [1.29, 1.82) is 0 Å². The fourth-order valence-electron chi connectivity index (χ4n) is 2.01.